The van der Waals surface area contributed by atoms with Gasteiger partial charge in [0.2, 0.25) is 0 Å². The molecule has 0 atom stereocenters. The number of nitrogens with one attached hydrogen (secondary N) is 1. The third kappa shape index (κ3) is 3.74. The molecule has 2 aromatic rings. The Bertz CT molecular complexity index is 812. The quantitative estimate of drug-likeness (QED) is 0.920. The lowest BCUT2D eigenvalue weighted by Gasteiger charge is -2.22. The van der Waals surface area contributed by atoms with Gasteiger partial charge in [0.25, 0.3) is 11.8 Å². The van der Waals surface area contributed by atoms with Crippen LogP contribution in [0.2, 0.25) is 0 Å². The molecule has 0 aliphatic carbocycles. The molecule has 26 heavy (non-hydrogen) atoms. The Morgan fingerprint density at radius 1 is 1.00 bits per heavy atom. The van der Waals surface area contributed by atoms with Crippen LogP contribution in [0, 0.1) is 13.8 Å². The first kappa shape index (κ1) is 18.0. The van der Waals surface area contributed by atoms with Crippen LogP contribution in [0.5, 0.6) is 5.75 Å². The van der Waals surface area contributed by atoms with E-state index < -0.39 is 0 Å². The molecule has 1 aliphatic heterocycles. The third-order valence-corrected chi connectivity index (χ3v) is 4.77. The summed E-state index contributed by atoms with van der Waals surface area (Å²) in [5.41, 5.74) is 3.20. The standard InChI is InChI=1S/C20H25N3O3/c1-14-12-18(15(2)21-14)20(25)23-9-5-8-22(10-11-23)19(24)16-6-4-7-17(13-16)26-3/h4,6-7,12-13,21H,5,8-11H2,1-3H3. The van der Waals surface area contributed by atoms with Crippen LogP contribution in [-0.2, 0) is 0 Å². The number of aromatic nitrogens is 1. The average molecular weight is 355 g/mol. The number of hydrogen-bond acceptors (Lipinski definition) is 3. The molecule has 1 aromatic heterocycles. The van der Waals surface area contributed by atoms with Crippen molar-refractivity contribution in [1.29, 1.82) is 0 Å². The number of aryl methyl sites for hydroxylation is 2. The van der Waals surface area contributed by atoms with Gasteiger partial charge in [-0.2, -0.15) is 0 Å². The number of benzene rings is 1. The van der Waals surface area contributed by atoms with E-state index in [2.05, 4.69) is 4.98 Å². The molecule has 0 unspecified atom stereocenters. The van der Waals surface area contributed by atoms with Crippen LogP contribution in [-0.4, -0.2) is 59.9 Å². The van der Waals surface area contributed by atoms with Crippen molar-refractivity contribution in [3.05, 3.63) is 52.8 Å². The molecule has 6 nitrogen and oxygen atoms in total. The van der Waals surface area contributed by atoms with Crippen molar-refractivity contribution in [2.45, 2.75) is 20.3 Å². The highest BCUT2D eigenvalue weighted by Crippen LogP contribution is 2.17. The fourth-order valence-electron chi connectivity index (χ4n) is 3.38. The predicted octanol–water partition coefficient (Wildman–Crippen LogP) is 2.63. The number of aromatic amines is 1. The first-order chi connectivity index (χ1) is 12.5. The lowest BCUT2D eigenvalue weighted by Crippen LogP contribution is -2.37. The molecule has 0 spiro atoms. The molecule has 1 fully saturated rings. The number of rotatable bonds is 3. The van der Waals surface area contributed by atoms with E-state index in [-0.39, 0.29) is 11.8 Å². The van der Waals surface area contributed by atoms with Gasteiger partial charge in [-0.25, -0.2) is 0 Å². The summed E-state index contributed by atoms with van der Waals surface area (Å²) in [6.07, 6.45) is 0.768. The van der Waals surface area contributed by atoms with Crippen LogP contribution in [0.1, 0.15) is 38.5 Å². The summed E-state index contributed by atoms with van der Waals surface area (Å²) in [6.45, 7) is 6.23. The van der Waals surface area contributed by atoms with Gasteiger partial charge < -0.3 is 19.5 Å². The van der Waals surface area contributed by atoms with E-state index in [9.17, 15) is 9.59 Å². The summed E-state index contributed by atoms with van der Waals surface area (Å²) in [6, 6.07) is 9.08. The summed E-state index contributed by atoms with van der Waals surface area (Å²) in [5.74, 6) is 0.676. The number of carbonyl (C=O) groups is 2. The van der Waals surface area contributed by atoms with Crippen molar-refractivity contribution in [3.63, 3.8) is 0 Å². The number of carbonyl (C=O) groups excluding carboxylic acids is 2. The Balaban J connectivity index is 1.68. The zero-order chi connectivity index (χ0) is 18.7. The van der Waals surface area contributed by atoms with Crippen LogP contribution in [0.3, 0.4) is 0 Å². The van der Waals surface area contributed by atoms with Gasteiger partial charge in [0.1, 0.15) is 5.75 Å². The first-order valence-corrected chi connectivity index (χ1v) is 8.88. The summed E-state index contributed by atoms with van der Waals surface area (Å²) >= 11 is 0. The van der Waals surface area contributed by atoms with Crippen molar-refractivity contribution >= 4 is 11.8 Å². The molecule has 0 bridgehead atoms. The number of H-pyrrole nitrogens is 1. The van der Waals surface area contributed by atoms with Crippen molar-refractivity contribution in [2.24, 2.45) is 0 Å². The molecule has 1 aromatic carbocycles. The fourth-order valence-corrected chi connectivity index (χ4v) is 3.38. The molecule has 3 rings (SSSR count). The summed E-state index contributed by atoms with van der Waals surface area (Å²) in [4.78, 5) is 32.4. The van der Waals surface area contributed by atoms with Crippen LogP contribution >= 0.6 is 0 Å². The Morgan fingerprint density at radius 3 is 2.31 bits per heavy atom. The molecule has 1 aliphatic rings. The molecule has 0 radical (unpaired) electrons. The van der Waals surface area contributed by atoms with Crippen molar-refractivity contribution < 1.29 is 14.3 Å². The van der Waals surface area contributed by atoms with Crippen LogP contribution in [0.4, 0.5) is 0 Å². The summed E-state index contributed by atoms with van der Waals surface area (Å²) in [7, 11) is 1.59. The van der Waals surface area contributed by atoms with Crippen molar-refractivity contribution in [2.75, 3.05) is 33.3 Å². The zero-order valence-electron chi connectivity index (χ0n) is 15.5. The van der Waals surface area contributed by atoms with E-state index in [1.54, 1.807) is 19.2 Å². The summed E-state index contributed by atoms with van der Waals surface area (Å²) < 4.78 is 5.20. The van der Waals surface area contributed by atoms with Crippen LogP contribution < -0.4 is 4.74 Å². The van der Waals surface area contributed by atoms with E-state index in [0.717, 1.165) is 23.4 Å². The van der Waals surface area contributed by atoms with Gasteiger partial charge in [-0.15, -0.1) is 0 Å². The Hall–Kier alpha value is -2.76. The molecule has 6 heteroatoms. The maximum Gasteiger partial charge on any atom is 0.255 e. The Morgan fingerprint density at radius 2 is 1.69 bits per heavy atom. The molecular weight excluding hydrogens is 330 g/mol. The van der Waals surface area contributed by atoms with Gasteiger partial charge in [-0.1, -0.05) is 6.07 Å². The van der Waals surface area contributed by atoms with Crippen molar-refractivity contribution in [3.8, 4) is 5.75 Å². The maximum atomic E-state index is 12.8. The van der Waals surface area contributed by atoms with E-state index in [4.69, 9.17) is 4.74 Å². The monoisotopic (exact) mass is 355 g/mol. The van der Waals surface area contributed by atoms with Crippen LogP contribution in [0.25, 0.3) is 0 Å². The lowest BCUT2D eigenvalue weighted by molar-refractivity contribution is 0.0718. The minimum absolute atomic E-state index is 0.0214. The molecule has 2 heterocycles. The second kappa shape index (κ2) is 7.64. The number of nitrogens with zero attached hydrogens (tertiary/aromatic N) is 2. The third-order valence-electron chi connectivity index (χ3n) is 4.77. The number of hydrogen-bond donors (Lipinski definition) is 1. The smallest absolute Gasteiger partial charge is 0.255 e. The van der Waals surface area contributed by atoms with Crippen molar-refractivity contribution in [1.82, 2.24) is 14.8 Å². The first-order valence-electron chi connectivity index (χ1n) is 8.88. The fraction of sp³-hybridized carbons (Fsp3) is 0.400. The highest BCUT2D eigenvalue weighted by molar-refractivity contribution is 5.96. The van der Waals surface area contributed by atoms with E-state index in [0.29, 0.717) is 37.5 Å². The van der Waals surface area contributed by atoms with E-state index in [1.165, 1.54) is 0 Å². The zero-order valence-corrected chi connectivity index (χ0v) is 15.5. The number of amides is 2. The summed E-state index contributed by atoms with van der Waals surface area (Å²) in [5, 5.41) is 0. The van der Waals surface area contributed by atoms with E-state index in [1.807, 2.05) is 41.8 Å². The van der Waals surface area contributed by atoms with Gasteiger partial charge >= 0.3 is 0 Å². The molecular formula is C20H25N3O3. The molecule has 2 amide bonds. The number of methoxy groups -OCH3 is 1. The highest BCUT2D eigenvalue weighted by Gasteiger charge is 2.25. The van der Waals surface area contributed by atoms with Gasteiger partial charge in [-0.3, -0.25) is 9.59 Å². The predicted molar refractivity (Wildman–Crippen MR) is 99.7 cm³/mol. The van der Waals surface area contributed by atoms with Gasteiger partial charge in [0.15, 0.2) is 0 Å². The van der Waals surface area contributed by atoms with Gasteiger partial charge in [0.05, 0.1) is 12.7 Å². The highest BCUT2D eigenvalue weighted by atomic mass is 16.5. The topological polar surface area (TPSA) is 65.6 Å². The largest absolute Gasteiger partial charge is 0.497 e. The van der Waals surface area contributed by atoms with Crippen LogP contribution in [0.15, 0.2) is 30.3 Å². The lowest BCUT2D eigenvalue weighted by atomic mass is 10.2. The molecule has 1 saturated heterocycles. The normalized spacial score (nSPS) is 14.9. The average Bonchev–Trinajstić information content (AvgIpc) is 2.85. The molecule has 138 valence electrons. The van der Waals surface area contributed by atoms with Gasteiger partial charge in [-0.05, 0) is 44.5 Å². The second-order valence-electron chi connectivity index (χ2n) is 6.66. The minimum Gasteiger partial charge on any atom is -0.497 e. The maximum absolute atomic E-state index is 12.8. The Kier molecular flexibility index (Phi) is 5.30. The molecule has 1 N–H and O–H groups in total. The van der Waals surface area contributed by atoms with E-state index >= 15 is 0 Å². The second-order valence-corrected chi connectivity index (χ2v) is 6.66. The SMILES string of the molecule is COc1cccc(C(=O)N2CCCN(C(=O)c3cc(C)[nH]c3C)CC2)c1. The number of ether oxygens (including phenoxy) is 1. The van der Waals surface area contributed by atoms with Gasteiger partial charge in [0, 0.05) is 43.1 Å². The molecule has 0 saturated carbocycles. The minimum atomic E-state index is -0.0214. The Labute approximate surface area is 153 Å².